The third kappa shape index (κ3) is 6.42. The second-order valence-electron chi connectivity index (χ2n) is 15.2. The lowest BCUT2D eigenvalue weighted by atomic mass is 9.76. The number of pyridine rings is 1. The molecule has 2 aromatic heterocycles. The van der Waals surface area contributed by atoms with Gasteiger partial charge in [-0.3, -0.25) is 0 Å². The Morgan fingerprint density at radius 3 is 2.54 bits per heavy atom. The zero-order valence-electron chi connectivity index (χ0n) is 30.2. The SMILES string of the molecule is C#Cc1c(F)ccc2cc(O)cc(-c3nc(OC)c4c(N5CCOC6CC65)nc(OCC56CCCC5N(C)CCC6)nc4c3F)c12.FC(F)(F)C1CCC1. The van der Waals surface area contributed by atoms with Gasteiger partial charge >= 0.3 is 12.2 Å². The van der Waals surface area contributed by atoms with Crippen molar-refractivity contribution in [1.82, 2.24) is 19.9 Å². The molecule has 0 bridgehead atoms. The summed E-state index contributed by atoms with van der Waals surface area (Å²) in [6.45, 7) is 2.56. The summed E-state index contributed by atoms with van der Waals surface area (Å²) >= 11 is 0. The van der Waals surface area contributed by atoms with Crippen molar-refractivity contribution < 1.29 is 41.3 Å². The molecule has 9 nitrogen and oxygen atoms in total. The van der Waals surface area contributed by atoms with Gasteiger partial charge in [0.25, 0.3) is 0 Å². The summed E-state index contributed by atoms with van der Waals surface area (Å²) in [4.78, 5) is 18.7. The van der Waals surface area contributed by atoms with Crippen molar-refractivity contribution in [3.63, 3.8) is 0 Å². The predicted octanol–water partition coefficient (Wildman–Crippen LogP) is 7.79. The maximum atomic E-state index is 17.0. The number of hydrogen-bond acceptors (Lipinski definition) is 9. The molecule has 14 heteroatoms. The summed E-state index contributed by atoms with van der Waals surface area (Å²) in [6.07, 6.45) is 9.66. The minimum Gasteiger partial charge on any atom is -0.508 e. The first-order chi connectivity index (χ1) is 25.9. The molecule has 5 fully saturated rings. The van der Waals surface area contributed by atoms with Gasteiger partial charge in [-0.2, -0.15) is 23.1 Å². The van der Waals surface area contributed by atoms with Gasteiger partial charge in [-0.25, -0.2) is 13.8 Å². The number of ether oxygens (including phenoxy) is 3. The van der Waals surface area contributed by atoms with E-state index in [0.29, 0.717) is 55.2 Å². The van der Waals surface area contributed by atoms with E-state index in [9.17, 15) is 22.7 Å². The van der Waals surface area contributed by atoms with E-state index >= 15 is 4.39 Å². The third-order valence-corrected chi connectivity index (χ3v) is 12.0. The largest absolute Gasteiger partial charge is 0.508 e. The second kappa shape index (κ2) is 14.0. The van der Waals surface area contributed by atoms with Crippen molar-refractivity contribution in [2.75, 3.05) is 45.4 Å². The number of phenols is 1. The highest BCUT2D eigenvalue weighted by atomic mass is 19.4. The van der Waals surface area contributed by atoms with Crippen LogP contribution in [0.5, 0.6) is 17.6 Å². The van der Waals surface area contributed by atoms with E-state index < -0.39 is 23.7 Å². The number of phenolic OH excluding ortho intramolecular Hbond substituents is 1. The van der Waals surface area contributed by atoms with Crippen LogP contribution in [0.25, 0.3) is 32.9 Å². The summed E-state index contributed by atoms with van der Waals surface area (Å²) < 4.78 is 84.5. The van der Waals surface area contributed by atoms with Gasteiger partial charge in [0, 0.05) is 29.0 Å². The number of anilines is 1. The number of methoxy groups -OCH3 is 1. The van der Waals surface area contributed by atoms with E-state index in [2.05, 4.69) is 32.7 Å². The maximum Gasteiger partial charge on any atom is 0.391 e. The Morgan fingerprint density at radius 1 is 1.04 bits per heavy atom. The molecule has 286 valence electrons. The smallest absolute Gasteiger partial charge is 0.391 e. The molecular formula is C40H42F5N5O4. The molecule has 0 amide bonds. The zero-order chi connectivity index (χ0) is 37.9. The molecule has 4 heterocycles. The summed E-state index contributed by atoms with van der Waals surface area (Å²) in [5, 5.41) is 11.6. The zero-order valence-corrected chi connectivity index (χ0v) is 30.2. The first-order valence-electron chi connectivity index (χ1n) is 18.6. The number of aromatic hydroxyl groups is 1. The van der Waals surface area contributed by atoms with Crippen molar-refractivity contribution in [2.24, 2.45) is 11.3 Å². The van der Waals surface area contributed by atoms with Crippen molar-refractivity contribution in [3.05, 3.63) is 41.5 Å². The normalized spacial score (nSPS) is 25.3. The van der Waals surface area contributed by atoms with E-state index in [1.165, 1.54) is 31.4 Å². The number of alkyl halides is 3. The average Bonchev–Trinajstić information content (AvgIpc) is 3.79. The molecule has 4 unspecified atom stereocenters. The Balaban J connectivity index is 0.000000461. The molecule has 3 saturated carbocycles. The number of hydrogen-bond donors (Lipinski definition) is 1. The number of aromatic nitrogens is 3. The highest BCUT2D eigenvalue weighted by Gasteiger charge is 2.49. The lowest BCUT2D eigenvalue weighted by Gasteiger charge is -2.44. The predicted molar refractivity (Wildman–Crippen MR) is 193 cm³/mol. The minimum absolute atomic E-state index is 0.0121. The van der Waals surface area contributed by atoms with Crippen LogP contribution in [0.2, 0.25) is 0 Å². The number of fused-ring (bicyclic) bond motifs is 4. The Hall–Kier alpha value is -4.48. The van der Waals surface area contributed by atoms with Crippen LogP contribution >= 0.6 is 0 Å². The summed E-state index contributed by atoms with van der Waals surface area (Å²) in [5.74, 6) is 0.414. The second-order valence-corrected chi connectivity index (χ2v) is 15.2. The number of terminal acetylenes is 1. The van der Waals surface area contributed by atoms with Gasteiger partial charge < -0.3 is 29.1 Å². The Morgan fingerprint density at radius 2 is 1.83 bits per heavy atom. The van der Waals surface area contributed by atoms with Crippen LogP contribution in [0.3, 0.4) is 0 Å². The first-order valence-corrected chi connectivity index (χ1v) is 18.6. The number of benzene rings is 2. The van der Waals surface area contributed by atoms with Crippen molar-refractivity contribution in [3.8, 4) is 41.2 Å². The molecule has 3 aliphatic carbocycles. The van der Waals surface area contributed by atoms with Crippen LogP contribution < -0.4 is 14.4 Å². The van der Waals surface area contributed by atoms with Crippen LogP contribution in [0, 0.1) is 35.3 Å². The lowest BCUT2D eigenvalue weighted by molar-refractivity contribution is -0.193. The van der Waals surface area contributed by atoms with Gasteiger partial charge in [0.05, 0.1) is 44.0 Å². The van der Waals surface area contributed by atoms with Crippen LogP contribution in [-0.2, 0) is 4.74 Å². The van der Waals surface area contributed by atoms with E-state index in [0.717, 1.165) is 51.5 Å². The van der Waals surface area contributed by atoms with E-state index in [1.807, 2.05) is 0 Å². The molecule has 0 radical (unpaired) electrons. The van der Waals surface area contributed by atoms with Gasteiger partial charge in [-0.15, -0.1) is 6.42 Å². The van der Waals surface area contributed by atoms with Crippen molar-refractivity contribution in [2.45, 2.75) is 82.2 Å². The number of morpholine rings is 1. The Bertz CT molecular complexity index is 2140. The Labute approximate surface area is 309 Å². The summed E-state index contributed by atoms with van der Waals surface area (Å²) in [6, 6.07) is 6.08. The molecule has 9 rings (SSSR count). The highest BCUT2D eigenvalue weighted by molar-refractivity contribution is 6.04. The van der Waals surface area contributed by atoms with Gasteiger partial charge in [-0.05, 0) is 82.1 Å². The fourth-order valence-electron chi connectivity index (χ4n) is 8.97. The molecule has 5 aliphatic rings. The Kier molecular flexibility index (Phi) is 9.45. The minimum atomic E-state index is -3.90. The summed E-state index contributed by atoms with van der Waals surface area (Å²) in [5.41, 5.74) is -0.174. The molecule has 2 aromatic carbocycles. The number of likely N-dealkylation sites (tertiary alicyclic amines) is 1. The molecule has 2 saturated heterocycles. The maximum absolute atomic E-state index is 17.0. The average molecular weight is 752 g/mol. The van der Waals surface area contributed by atoms with E-state index in [4.69, 9.17) is 25.6 Å². The molecule has 1 N–H and O–H groups in total. The van der Waals surface area contributed by atoms with Crippen LogP contribution in [0.15, 0.2) is 24.3 Å². The van der Waals surface area contributed by atoms with Gasteiger partial charge in [-0.1, -0.05) is 24.8 Å². The fourth-order valence-corrected chi connectivity index (χ4v) is 8.97. The molecule has 4 atom stereocenters. The third-order valence-electron chi connectivity index (χ3n) is 12.0. The molecule has 4 aromatic rings. The standard InChI is InChI=1S/C35H35F2N5O4.C5H7F3/c1-4-21-23(36)9-8-19-15-20(43)16-22(27(19)21)30-29(37)31-28(33(38-30)44-3)32(42-13-14-45-25-17-24(25)42)40-34(39-31)46-18-35-10-5-7-26(35)41(2)12-6-11-35;6-5(7,8)4-2-1-3-4/h1,8-9,15-16,24-26,43H,5-7,10-14,17-18H2,2-3H3;4H,1-3H2. The van der Waals surface area contributed by atoms with E-state index in [1.54, 1.807) is 0 Å². The highest BCUT2D eigenvalue weighted by Crippen LogP contribution is 2.49. The monoisotopic (exact) mass is 751 g/mol. The molecular weight excluding hydrogens is 709 g/mol. The molecule has 54 heavy (non-hydrogen) atoms. The topological polar surface area (TPSA) is 93.1 Å². The number of piperidine rings is 1. The first kappa shape index (κ1) is 36.5. The number of halogens is 5. The van der Waals surface area contributed by atoms with Crippen molar-refractivity contribution >= 4 is 27.5 Å². The van der Waals surface area contributed by atoms with Gasteiger partial charge in [0.1, 0.15) is 34.0 Å². The molecule has 2 aliphatic heterocycles. The van der Waals surface area contributed by atoms with Crippen LogP contribution in [-0.4, -0.2) is 89.8 Å². The lowest BCUT2D eigenvalue weighted by Crippen LogP contribution is -2.50. The quantitative estimate of drug-likeness (QED) is 0.157. The van der Waals surface area contributed by atoms with Crippen LogP contribution in [0.1, 0.15) is 63.4 Å². The van der Waals surface area contributed by atoms with Gasteiger partial charge in [0.15, 0.2) is 5.82 Å². The number of nitrogens with zero attached hydrogens (tertiary/aromatic N) is 5. The molecule has 0 spiro atoms. The summed E-state index contributed by atoms with van der Waals surface area (Å²) in [7, 11) is 3.63. The van der Waals surface area contributed by atoms with Crippen LogP contribution in [0.4, 0.5) is 27.8 Å². The fraction of sp³-hybridized carbons (Fsp3) is 0.525. The van der Waals surface area contributed by atoms with Gasteiger partial charge in [0.2, 0.25) is 5.88 Å². The van der Waals surface area contributed by atoms with Crippen molar-refractivity contribution in [1.29, 1.82) is 0 Å². The van der Waals surface area contributed by atoms with E-state index in [-0.39, 0.29) is 62.9 Å². The number of rotatable bonds is 6.